The molecule has 4 aromatic rings. The number of imidazole rings is 1. The third-order valence-electron chi connectivity index (χ3n) is 5.54. The standard InChI is InChI=1S/C24H27N5O5/c1-27-21-20(22(31)28(2)24(27)32)29(23(26-21)25-13-16-7-5-4-6-8-16)14-17(30)15-34-19-11-9-18(33-3)10-12-19/h4-12,17,30H,13-15H2,1-3H3,(H,25,26)/t17-/m0/s1. The molecule has 0 aliphatic rings. The van der Waals surface area contributed by atoms with Crippen LogP contribution in [0.1, 0.15) is 5.56 Å². The molecule has 0 saturated carbocycles. The summed E-state index contributed by atoms with van der Waals surface area (Å²) in [6, 6.07) is 16.7. The molecule has 1 atom stereocenters. The van der Waals surface area contributed by atoms with Crippen molar-refractivity contribution in [2.45, 2.75) is 19.2 Å². The summed E-state index contributed by atoms with van der Waals surface area (Å²) >= 11 is 0. The Hall–Kier alpha value is -4.05. The summed E-state index contributed by atoms with van der Waals surface area (Å²) in [7, 11) is 4.56. The summed E-state index contributed by atoms with van der Waals surface area (Å²) in [5.74, 6) is 1.66. The third kappa shape index (κ3) is 4.67. The number of aromatic nitrogens is 4. The number of aryl methyl sites for hydroxylation is 1. The van der Waals surface area contributed by atoms with E-state index in [-0.39, 0.29) is 24.3 Å². The highest BCUT2D eigenvalue weighted by Gasteiger charge is 2.21. The number of hydrogen-bond acceptors (Lipinski definition) is 7. The van der Waals surface area contributed by atoms with E-state index in [1.807, 2.05) is 30.3 Å². The molecule has 10 heteroatoms. The van der Waals surface area contributed by atoms with Gasteiger partial charge in [-0.2, -0.15) is 4.98 Å². The van der Waals surface area contributed by atoms with Gasteiger partial charge in [0.05, 0.1) is 13.7 Å². The predicted molar refractivity (Wildman–Crippen MR) is 128 cm³/mol. The minimum atomic E-state index is -0.946. The summed E-state index contributed by atoms with van der Waals surface area (Å²) in [5, 5.41) is 14.0. The molecule has 10 nitrogen and oxygen atoms in total. The van der Waals surface area contributed by atoms with Crippen molar-refractivity contribution in [1.82, 2.24) is 18.7 Å². The average molecular weight is 466 g/mol. The van der Waals surface area contributed by atoms with Gasteiger partial charge in [0.15, 0.2) is 11.2 Å². The maximum absolute atomic E-state index is 13.0. The van der Waals surface area contributed by atoms with E-state index in [1.165, 1.54) is 11.6 Å². The lowest BCUT2D eigenvalue weighted by Crippen LogP contribution is -2.38. The number of nitrogens with zero attached hydrogens (tertiary/aromatic N) is 4. The minimum absolute atomic E-state index is 0.00376. The number of ether oxygens (including phenoxy) is 2. The Morgan fingerprint density at radius 1 is 1.00 bits per heavy atom. The smallest absolute Gasteiger partial charge is 0.332 e. The molecule has 34 heavy (non-hydrogen) atoms. The Labute approximate surface area is 195 Å². The van der Waals surface area contributed by atoms with Crippen LogP contribution in [0.15, 0.2) is 64.2 Å². The number of benzene rings is 2. The molecular formula is C24H27N5O5. The van der Waals surface area contributed by atoms with Crippen LogP contribution in [0.2, 0.25) is 0 Å². The van der Waals surface area contributed by atoms with Gasteiger partial charge in [0, 0.05) is 20.6 Å². The largest absolute Gasteiger partial charge is 0.497 e. The van der Waals surface area contributed by atoms with E-state index >= 15 is 0 Å². The summed E-state index contributed by atoms with van der Waals surface area (Å²) in [5.41, 5.74) is 0.531. The van der Waals surface area contributed by atoms with Crippen LogP contribution < -0.4 is 26.0 Å². The van der Waals surface area contributed by atoms with Crippen molar-refractivity contribution in [3.8, 4) is 11.5 Å². The molecule has 0 aliphatic carbocycles. The van der Waals surface area contributed by atoms with Crippen LogP contribution in [0.4, 0.5) is 5.95 Å². The Bertz CT molecular complexity index is 1390. The first-order valence-corrected chi connectivity index (χ1v) is 10.8. The van der Waals surface area contributed by atoms with Crippen LogP contribution >= 0.6 is 0 Å². The number of rotatable bonds is 9. The highest BCUT2D eigenvalue weighted by atomic mass is 16.5. The quantitative estimate of drug-likeness (QED) is 0.385. The summed E-state index contributed by atoms with van der Waals surface area (Å²) < 4.78 is 14.8. The van der Waals surface area contributed by atoms with E-state index in [0.717, 1.165) is 10.1 Å². The van der Waals surface area contributed by atoms with Gasteiger partial charge >= 0.3 is 5.69 Å². The molecule has 2 aromatic carbocycles. The first-order chi connectivity index (χ1) is 16.4. The zero-order valence-electron chi connectivity index (χ0n) is 19.3. The van der Waals surface area contributed by atoms with E-state index in [9.17, 15) is 14.7 Å². The maximum atomic E-state index is 13.0. The van der Waals surface area contributed by atoms with Gasteiger partial charge in [-0.3, -0.25) is 13.9 Å². The normalized spacial score (nSPS) is 12.0. The SMILES string of the molecule is COc1ccc(OC[C@@H](O)Cn2c(NCc3ccccc3)nc3c2c(=O)n(C)c(=O)n3C)cc1. The molecule has 0 amide bonds. The lowest BCUT2D eigenvalue weighted by atomic mass is 10.2. The van der Waals surface area contributed by atoms with Gasteiger partial charge in [-0.05, 0) is 29.8 Å². The second kappa shape index (κ2) is 9.84. The van der Waals surface area contributed by atoms with Crippen LogP contribution in [-0.4, -0.2) is 43.6 Å². The second-order valence-corrected chi connectivity index (χ2v) is 7.90. The van der Waals surface area contributed by atoms with Crippen molar-refractivity contribution in [2.24, 2.45) is 14.1 Å². The van der Waals surface area contributed by atoms with Gasteiger partial charge in [-0.25, -0.2) is 4.79 Å². The molecule has 0 bridgehead atoms. The molecule has 2 heterocycles. The van der Waals surface area contributed by atoms with E-state index in [0.29, 0.717) is 24.0 Å². The zero-order chi connectivity index (χ0) is 24.2. The fourth-order valence-electron chi connectivity index (χ4n) is 3.66. The van der Waals surface area contributed by atoms with Gasteiger partial charge in [0.25, 0.3) is 5.56 Å². The predicted octanol–water partition coefficient (Wildman–Crippen LogP) is 1.49. The molecule has 0 radical (unpaired) electrons. The number of methoxy groups -OCH3 is 1. The highest BCUT2D eigenvalue weighted by molar-refractivity contribution is 5.74. The van der Waals surface area contributed by atoms with Crippen LogP contribution in [0.3, 0.4) is 0 Å². The average Bonchev–Trinajstić information content (AvgIpc) is 3.22. The number of hydrogen-bond donors (Lipinski definition) is 2. The van der Waals surface area contributed by atoms with Crippen LogP contribution in [0.5, 0.6) is 11.5 Å². The van der Waals surface area contributed by atoms with Gasteiger partial charge in [0.1, 0.15) is 24.2 Å². The number of nitrogens with one attached hydrogen (secondary N) is 1. The number of aliphatic hydroxyl groups is 1. The van der Waals surface area contributed by atoms with Crippen molar-refractivity contribution in [1.29, 1.82) is 0 Å². The van der Waals surface area contributed by atoms with Crippen molar-refractivity contribution in [2.75, 3.05) is 19.0 Å². The third-order valence-corrected chi connectivity index (χ3v) is 5.54. The topological polar surface area (TPSA) is 113 Å². The van der Waals surface area contributed by atoms with Gasteiger partial charge < -0.3 is 24.5 Å². The van der Waals surface area contributed by atoms with Gasteiger partial charge in [0.2, 0.25) is 5.95 Å². The van der Waals surface area contributed by atoms with E-state index in [4.69, 9.17) is 9.47 Å². The molecule has 0 unspecified atom stereocenters. The number of anilines is 1. The maximum Gasteiger partial charge on any atom is 0.332 e. The number of fused-ring (bicyclic) bond motifs is 1. The molecule has 0 fully saturated rings. The summed E-state index contributed by atoms with van der Waals surface area (Å²) in [4.78, 5) is 29.9. The second-order valence-electron chi connectivity index (χ2n) is 7.90. The van der Waals surface area contributed by atoms with E-state index in [1.54, 1.807) is 43.0 Å². The molecular weight excluding hydrogens is 438 g/mol. The van der Waals surface area contributed by atoms with Crippen molar-refractivity contribution >= 4 is 17.1 Å². The van der Waals surface area contributed by atoms with Crippen LogP contribution in [0, 0.1) is 0 Å². The Kier molecular flexibility index (Phi) is 6.69. The van der Waals surface area contributed by atoms with Crippen LogP contribution in [0.25, 0.3) is 11.2 Å². The minimum Gasteiger partial charge on any atom is -0.497 e. The molecule has 178 valence electrons. The Balaban J connectivity index is 1.62. The lowest BCUT2D eigenvalue weighted by Gasteiger charge is -2.16. The van der Waals surface area contributed by atoms with Crippen LogP contribution in [-0.2, 0) is 27.2 Å². The summed E-state index contributed by atoms with van der Waals surface area (Å²) in [6.07, 6.45) is -0.946. The number of aliphatic hydroxyl groups excluding tert-OH is 1. The van der Waals surface area contributed by atoms with Crippen molar-refractivity contribution in [3.05, 3.63) is 81.0 Å². The molecule has 0 spiro atoms. The monoisotopic (exact) mass is 465 g/mol. The highest BCUT2D eigenvalue weighted by Crippen LogP contribution is 2.19. The fourth-order valence-corrected chi connectivity index (χ4v) is 3.66. The van der Waals surface area contributed by atoms with Gasteiger partial charge in [-0.15, -0.1) is 0 Å². The molecule has 4 rings (SSSR count). The van der Waals surface area contributed by atoms with E-state index < -0.39 is 17.4 Å². The van der Waals surface area contributed by atoms with Gasteiger partial charge in [-0.1, -0.05) is 30.3 Å². The Morgan fingerprint density at radius 2 is 1.68 bits per heavy atom. The first kappa shape index (κ1) is 23.1. The summed E-state index contributed by atoms with van der Waals surface area (Å²) in [6.45, 7) is 0.490. The molecule has 2 N–H and O–H groups in total. The van der Waals surface area contributed by atoms with Crippen molar-refractivity contribution < 1.29 is 14.6 Å². The molecule has 0 saturated heterocycles. The molecule has 2 aromatic heterocycles. The lowest BCUT2D eigenvalue weighted by molar-refractivity contribution is 0.0938. The fraction of sp³-hybridized carbons (Fsp3) is 0.292. The zero-order valence-corrected chi connectivity index (χ0v) is 19.3. The van der Waals surface area contributed by atoms with E-state index in [2.05, 4.69) is 10.3 Å². The van der Waals surface area contributed by atoms with Crippen molar-refractivity contribution in [3.63, 3.8) is 0 Å². The molecule has 0 aliphatic heterocycles. The Morgan fingerprint density at radius 3 is 2.35 bits per heavy atom. The first-order valence-electron chi connectivity index (χ1n) is 10.8.